The second-order valence-corrected chi connectivity index (χ2v) is 7.92. The molecule has 2 unspecified atom stereocenters. The Labute approximate surface area is 161 Å². The number of nitrogens with one attached hydrogen (secondary N) is 2. The third kappa shape index (κ3) is 3.43. The molecule has 1 aromatic carbocycles. The van der Waals surface area contributed by atoms with Gasteiger partial charge in [-0.3, -0.25) is 9.59 Å². The Hall–Kier alpha value is -2.29. The highest BCUT2D eigenvalue weighted by Gasteiger charge is 2.44. The summed E-state index contributed by atoms with van der Waals surface area (Å²) in [5, 5.41) is 14.9. The number of halogens is 3. The second kappa shape index (κ2) is 6.95. The molecule has 0 saturated carbocycles. The average molecular weight is 399 g/mol. The Kier molecular flexibility index (Phi) is 5.07. The van der Waals surface area contributed by atoms with Gasteiger partial charge in [0.1, 0.15) is 11.5 Å². The van der Waals surface area contributed by atoms with Crippen LogP contribution in [0.5, 0.6) is 0 Å². The summed E-state index contributed by atoms with van der Waals surface area (Å²) in [7, 11) is 1.83. The van der Waals surface area contributed by atoms with E-state index in [2.05, 4.69) is 10.6 Å². The fourth-order valence-electron chi connectivity index (χ4n) is 3.99. The molecule has 2 heterocycles. The molecule has 0 aromatic heterocycles. The lowest BCUT2D eigenvalue weighted by Crippen LogP contribution is -2.45. The van der Waals surface area contributed by atoms with Gasteiger partial charge in [-0.15, -0.1) is 0 Å². The number of hydrogen-bond donors (Lipinski definition) is 3. The molecule has 0 aliphatic carbocycles. The first-order chi connectivity index (χ1) is 13.0. The summed E-state index contributed by atoms with van der Waals surface area (Å²) < 4.78 is 41.9. The zero-order chi connectivity index (χ0) is 20.9. The van der Waals surface area contributed by atoms with Gasteiger partial charge in [-0.1, -0.05) is 0 Å². The van der Waals surface area contributed by atoms with Gasteiger partial charge in [0.05, 0.1) is 11.4 Å². The summed E-state index contributed by atoms with van der Waals surface area (Å²) >= 11 is 0. The zero-order valence-corrected chi connectivity index (χ0v) is 16.0. The summed E-state index contributed by atoms with van der Waals surface area (Å²) in [5.74, 6) is -3.36. The Balaban J connectivity index is 2.03. The number of fused-ring (bicyclic) bond motifs is 1. The number of benzene rings is 1. The summed E-state index contributed by atoms with van der Waals surface area (Å²) in [6, 6.07) is 2.60. The predicted molar refractivity (Wildman–Crippen MR) is 98.8 cm³/mol. The second-order valence-electron chi connectivity index (χ2n) is 7.92. The van der Waals surface area contributed by atoms with Crippen LogP contribution < -0.4 is 15.5 Å². The van der Waals surface area contributed by atoms with Crippen LogP contribution in [0.3, 0.4) is 0 Å². The van der Waals surface area contributed by atoms with Crippen LogP contribution in [0, 0.1) is 11.8 Å². The van der Waals surface area contributed by atoms with E-state index in [4.69, 9.17) is 5.11 Å². The number of carbonyl (C=O) groups is 2. The van der Waals surface area contributed by atoms with Crippen molar-refractivity contribution in [3.8, 4) is 0 Å². The molecule has 0 radical (unpaired) electrons. The Bertz CT molecular complexity index is 808. The maximum Gasteiger partial charge on any atom is 0.420 e. The molecule has 3 N–H and O–H groups in total. The molecule has 1 aromatic rings. The van der Waals surface area contributed by atoms with Crippen molar-refractivity contribution < 1.29 is 27.9 Å². The lowest BCUT2D eigenvalue weighted by Gasteiger charge is -2.33. The number of carbonyl (C=O) groups excluding carboxylic acids is 1. The van der Waals surface area contributed by atoms with Gasteiger partial charge in [-0.2, -0.15) is 13.2 Å². The van der Waals surface area contributed by atoms with Gasteiger partial charge in [-0.25, -0.2) is 0 Å². The number of carboxylic acid groups (broad SMARTS) is 1. The fraction of sp³-hybridized carbons (Fsp3) is 0.579. The van der Waals surface area contributed by atoms with Crippen molar-refractivity contribution in [2.24, 2.45) is 11.8 Å². The van der Waals surface area contributed by atoms with Crippen LogP contribution in [0.2, 0.25) is 0 Å². The average Bonchev–Trinajstić information content (AvgIpc) is 3.10. The minimum atomic E-state index is -4.68. The SMILES string of the molecule is CNC(C)(C)C1CCN(c2ccc3c(c2C(F)(F)F)NCC(C(=O)O)C3=O)C1. The number of carboxylic acids is 1. The third-order valence-electron chi connectivity index (χ3n) is 6.02. The minimum Gasteiger partial charge on any atom is -0.481 e. The number of alkyl halides is 3. The minimum absolute atomic E-state index is 0.0229. The zero-order valence-electron chi connectivity index (χ0n) is 16.0. The molecule has 3 rings (SSSR count). The molecule has 9 heteroatoms. The number of ketones is 1. The highest BCUT2D eigenvalue weighted by Crippen LogP contribution is 2.46. The molecule has 2 atom stereocenters. The van der Waals surface area contributed by atoms with Crippen molar-refractivity contribution in [1.82, 2.24) is 5.32 Å². The summed E-state index contributed by atoms with van der Waals surface area (Å²) in [4.78, 5) is 25.3. The first-order valence-corrected chi connectivity index (χ1v) is 9.16. The van der Waals surface area contributed by atoms with Crippen molar-refractivity contribution in [3.05, 3.63) is 23.3 Å². The van der Waals surface area contributed by atoms with Gasteiger partial charge in [-0.05, 0) is 45.4 Å². The van der Waals surface area contributed by atoms with E-state index < -0.39 is 29.4 Å². The normalized spacial score (nSPS) is 22.8. The number of rotatable bonds is 4. The van der Waals surface area contributed by atoms with Crippen LogP contribution in [-0.2, 0) is 11.0 Å². The third-order valence-corrected chi connectivity index (χ3v) is 6.02. The van der Waals surface area contributed by atoms with Crippen LogP contribution in [-0.4, -0.2) is 49.1 Å². The Morgan fingerprint density at radius 1 is 1.32 bits per heavy atom. The van der Waals surface area contributed by atoms with Gasteiger partial charge < -0.3 is 20.6 Å². The van der Waals surface area contributed by atoms with Gasteiger partial charge in [0.15, 0.2) is 5.78 Å². The van der Waals surface area contributed by atoms with Crippen molar-refractivity contribution >= 4 is 23.1 Å². The van der Waals surface area contributed by atoms with E-state index in [-0.39, 0.29) is 34.9 Å². The predicted octanol–water partition coefficient (Wildman–Crippen LogP) is 2.84. The highest BCUT2D eigenvalue weighted by molar-refractivity contribution is 6.14. The lowest BCUT2D eigenvalue weighted by atomic mass is 9.87. The Morgan fingerprint density at radius 3 is 2.57 bits per heavy atom. The van der Waals surface area contributed by atoms with Crippen LogP contribution in [0.15, 0.2) is 12.1 Å². The molecule has 2 aliphatic rings. The molecule has 0 spiro atoms. The summed E-state index contributed by atoms with van der Waals surface area (Å²) in [5.41, 5.74) is -1.63. The van der Waals surface area contributed by atoms with E-state index in [1.54, 1.807) is 4.90 Å². The molecule has 2 aliphatic heterocycles. The van der Waals surface area contributed by atoms with Crippen LogP contribution >= 0.6 is 0 Å². The number of aliphatic carboxylic acids is 1. The molecule has 1 saturated heterocycles. The summed E-state index contributed by atoms with van der Waals surface area (Å²) in [6.45, 7) is 4.61. The van der Waals surface area contributed by atoms with Crippen molar-refractivity contribution in [2.45, 2.75) is 32.0 Å². The lowest BCUT2D eigenvalue weighted by molar-refractivity contribution is -0.139. The fourth-order valence-corrected chi connectivity index (χ4v) is 3.99. The Morgan fingerprint density at radius 2 is 2.00 bits per heavy atom. The van der Waals surface area contributed by atoms with E-state index in [0.717, 1.165) is 6.42 Å². The topological polar surface area (TPSA) is 81.7 Å². The first-order valence-electron chi connectivity index (χ1n) is 9.16. The number of hydrogen-bond acceptors (Lipinski definition) is 5. The van der Waals surface area contributed by atoms with E-state index in [1.807, 2.05) is 20.9 Å². The largest absolute Gasteiger partial charge is 0.481 e. The van der Waals surface area contributed by atoms with Crippen LogP contribution in [0.1, 0.15) is 36.2 Å². The molecule has 6 nitrogen and oxygen atoms in total. The first kappa shape index (κ1) is 20.4. The summed E-state index contributed by atoms with van der Waals surface area (Å²) in [6.07, 6.45) is -3.93. The number of anilines is 2. The molecule has 1 fully saturated rings. The van der Waals surface area contributed by atoms with Gasteiger partial charge >= 0.3 is 12.1 Å². The van der Waals surface area contributed by atoms with Gasteiger partial charge in [0.25, 0.3) is 0 Å². The molecule has 0 amide bonds. The molecule has 154 valence electrons. The number of nitrogens with zero attached hydrogens (tertiary/aromatic N) is 1. The van der Waals surface area contributed by atoms with Crippen molar-refractivity contribution in [1.29, 1.82) is 0 Å². The maximum absolute atomic E-state index is 14.0. The maximum atomic E-state index is 14.0. The standard InChI is InChI=1S/C19H24F3N3O3/c1-18(2,23-3)10-6-7-25(9-10)13-5-4-11-15(14(13)19(20,21)22)24-8-12(16(11)26)17(27)28/h4-5,10,12,23-24H,6-9H2,1-3H3,(H,27,28). The van der Waals surface area contributed by atoms with Crippen molar-refractivity contribution in [2.75, 3.05) is 36.9 Å². The molecule has 28 heavy (non-hydrogen) atoms. The van der Waals surface area contributed by atoms with Gasteiger partial charge in [0.2, 0.25) is 0 Å². The molecular formula is C19H24F3N3O3. The quantitative estimate of drug-likeness (QED) is 0.676. The van der Waals surface area contributed by atoms with E-state index in [9.17, 15) is 22.8 Å². The van der Waals surface area contributed by atoms with Crippen molar-refractivity contribution in [3.63, 3.8) is 0 Å². The van der Waals surface area contributed by atoms with E-state index in [0.29, 0.717) is 13.1 Å². The monoisotopic (exact) mass is 399 g/mol. The van der Waals surface area contributed by atoms with E-state index in [1.165, 1.54) is 12.1 Å². The van der Waals surface area contributed by atoms with Gasteiger partial charge in [0, 0.05) is 30.7 Å². The smallest absolute Gasteiger partial charge is 0.420 e. The van der Waals surface area contributed by atoms with Crippen LogP contribution in [0.25, 0.3) is 0 Å². The molecular weight excluding hydrogens is 375 g/mol. The number of Topliss-reactive ketones (excluding diaryl/α,β-unsaturated/α-hetero) is 1. The molecule has 0 bridgehead atoms. The highest BCUT2D eigenvalue weighted by atomic mass is 19.4. The van der Waals surface area contributed by atoms with E-state index >= 15 is 0 Å². The van der Waals surface area contributed by atoms with Crippen LogP contribution in [0.4, 0.5) is 24.5 Å².